The fraction of sp³-hybridized carbons (Fsp3) is 0.267. The third kappa shape index (κ3) is 4.04. The maximum absolute atomic E-state index is 5.92. The van der Waals surface area contributed by atoms with Gasteiger partial charge in [-0.25, -0.2) is 0 Å². The molecule has 0 bridgehead atoms. The van der Waals surface area contributed by atoms with E-state index in [1.807, 2.05) is 43.3 Å². The van der Waals surface area contributed by atoms with Gasteiger partial charge in [-0.2, -0.15) is 0 Å². The Kier molecular flexibility index (Phi) is 4.93. The van der Waals surface area contributed by atoms with Gasteiger partial charge in [-0.3, -0.25) is 4.98 Å². The van der Waals surface area contributed by atoms with Gasteiger partial charge in [0.2, 0.25) is 0 Å². The summed E-state index contributed by atoms with van der Waals surface area (Å²) in [4.78, 5) is 4.32. The Morgan fingerprint density at radius 1 is 1.32 bits per heavy atom. The molecule has 1 aromatic carbocycles. The molecule has 3 nitrogen and oxygen atoms in total. The first-order chi connectivity index (χ1) is 9.19. The average Bonchev–Trinajstić information content (AvgIpc) is 2.45. The van der Waals surface area contributed by atoms with E-state index < -0.39 is 0 Å². The number of nitrogens with two attached hydrogens (primary N) is 1. The SMILES string of the molecule is CCC(N)c1ccc(OCc2cccc(Br)c2)cn1. The van der Waals surface area contributed by atoms with Gasteiger partial charge in [0.1, 0.15) is 12.4 Å². The Morgan fingerprint density at radius 2 is 2.16 bits per heavy atom. The minimum Gasteiger partial charge on any atom is -0.487 e. The van der Waals surface area contributed by atoms with Crippen molar-refractivity contribution in [2.45, 2.75) is 26.0 Å². The summed E-state index contributed by atoms with van der Waals surface area (Å²) in [6, 6.07) is 11.9. The van der Waals surface area contributed by atoms with Crippen molar-refractivity contribution in [2.24, 2.45) is 5.73 Å². The summed E-state index contributed by atoms with van der Waals surface area (Å²) in [5, 5.41) is 0. The molecule has 0 aliphatic carbocycles. The van der Waals surface area contributed by atoms with Crippen LogP contribution in [-0.4, -0.2) is 4.98 Å². The Hall–Kier alpha value is -1.39. The number of pyridine rings is 1. The lowest BCUT2D eigenvalue weighted by Gasteiger charge is -2.10. The third-order valence-corrected chi connectivity index (χ3v) is 3.37. The van der Waals surface area contributed by atoms with E-state index in [0.717, 1.165) is 27.9 Å². The summed E-state index contributed by atoms with van der Waals surface area (Å²) in [6.45, 7) is 2.57. The second-order valence-corrected chi connectivity index (χ2v) is 5.27. The van der Waals surface area contributed by atoms with Crippen molar-refractivity contribution in [1.82, 2.24) is 4.98 Å². The highest BCUT2D eigenvalue weighted by Gasteiger charge is 2.04. The molecular formula is C15H17BrN2O. The molecule has 0 aliphatic heterocycles. The standard InChI is InChI=1S/C15H17BrN2O/c1-2-14(17)15-7-6-13(9-18-15)19-10-11-4-3-5-12(16)8-11/h3-9,14H,2,10,17H2,1H3. The average molecular weight is 321 g/mol. The van der Waals surface area contributed by atoms with Crippen LogP contribution in [0.5, 0.6) is 5.75 Å². The van der Waals surface area contributed by atoms with E-state index in [-0.39, 0.29) is 6.04 Å². The zero-order valence-corrected chi connectivity index (χ0v) is 12.4. The van der Waals surface area contributed by atoms with Gasteiger partial charge in [-0.05, 0) is 36.2 Å². The minimum atomic E-state index is -0.000807. The predicted octanol–water partition coefficient (Wildman–Crippen LogP) is 3.83. The molecule has 1 heterocycles. The van der Waals surface area contributed by atoms with Crippen LogP contribution < -0.4 is 10.5 Å². The number of hydrogen-bond donors (Lipinski definition) is 1. The third-order valence-electron chi connectivity index (χ3n) is 2.87. The van der Waals surface area contributed by atoms with Crippen LogP contribution in [0.4, 0.5) is 0 Å². The number of aromatic nitrogens is 1. The molecule has 0 saturated heterocycles. The quantitative estimate of drug-likeness (QED) is 0.910. The van der Waals surface area contributed by atoms with Crippen molar-refractivity contribution in [3.8, 4) is 5.75 Å². The summed E-state index contributed by atoms with van der Waals surface area (Å²) in [7, 11) is 0. The van der Waals surface area contributed by atoms with Crippen molar-refractivity contribution in [3.05, 3.63) is 58.3 Å². The monoisotopic (exact) mass is 320 g/mol. The lowest BCUT2D eigenvalue weighted by molar-refractivity contribution is 0.304. The first-order valence-electron chi connectivity index (χ1n) is 6.28. The van der Waals surface area contributed by atoms with Gasteiger partial charge in [0.15, 0.2) is 0 Å². The highest BCUT2D eigenvalue weighted by atomic mass is 79.9. The van der Waals surface area contributed by atoms with Crippen LogP contribution in [0.3, 0.4) is 0 Å². The van der Waals surface area contributed by atoms with E-state index in [1.54, 1.807) is 6.20 Å². The molecule has 0 spiro atoms. The molecule has 100 valence electrons. The Bertz CT molecular complexity index is 528. The van der Waals surface area contributed by atoms with E-state index in [9.17, 15) is 0 Å². The number of rotatable bonds is 5. The molecule has 0 radical (unpaired) electrons. The normalized spacial score (nSPS) is 12.2. The molecule has 1 unspecified atom stereocenters. The lowest BCUT2D eigenvalue weighted by atomic mass is 10.1. The summed E-state index contributed by atoms with van der Waals surface area (Å²) in [5.41, 5.74) is 7.93. The van der Waals surface area contributed by atoms with Crippen molar-refractivity contribution in [1.29, 1.82) is 0 Å². The van der Waals surface area contributed by atoms with Gasteiger partial charge in [-0.15, -0.1) is 0 Å². The molecule has 2 N–H and O–H groups in total. The molecule has 0 amide bonds. The second kappa shape index (κ2) is 6.68. The van der Waals surface area contributed by atoms with Crippen LogP contribution in [0.2, 0.25) is 0 Å². The van der Waals surface area contributed by atoms with E-state index >= 15 is 0 Å². The topological polar surface area (TPSA) is 48.1 Å². The van der Waals surface area contributed by atoms with Gasteiger partial charge >= 0.3 is 0 Å². The molecule has 2 aromatic rings. The second-order valence-electron chi connectivity index (χ2n) is 4.35. The highest BCUT2D eigenvalue weighted by molar-refractivity contribution is 9.10. The van der Waals surface area contributed by atoms with Gasteiger partial charge in [0, 0.05) is 10.5 Å². The summed E-state index contributed by atoms with van der Waals surface area (Å²) < 4.78 is 6.74. The number of halogens is 1. The van der Waals surface area contributed by atoms with Crippen LogP contribution in [0.15, 0.2) is 47.1 Å². The van der Waals surface area contributed by atoms with E-state index in [0.29, 0.717) is 6.61 Å². The Labute approximate surface area is 121 Å². The van der Waals surface area contributed by atoms with Gasteiger partial charge in [0.25, 0.3) is 0 Å². The van der Waals surface area contributed by atoms with Gasteiger partial charge in [0.05, 0.1) is 11.9 Å². The molecule has 4 heteroatoms. The Balaban J connectivity index is 1.96. The zero-order valence-electron chi connectivity index (χ0n) is 10.8. The summed E-state index contributed by atoms with van der Waals surface area (Å²) >= 11 is 3.44. The largest absolute Gasteiger partial charge is 0.487 e. The molecule has 2 rings (SSSR count). The molecule has 0 fully saturated rings. The molecule has 19 heavy (non-hydrogen) atoms. The minimum absolute atomic E-state index is 0.000807. The van der Waals surface area contributed by atoms with Crippen LogP contribution in [0.25, 0.3) is 0 Å². The summed E-state index contributed by atoms with van der Waals surface area (Å²) in [5.74, 6) is 0.757. The number of hydrogen-bond acceptors (Lipinski definition) is 3. The van der Waals surface area contributed by atoms with E-state index in [4.69, 9.17) is 10.5 Å². The molecule has 0 saturated carbocycles. The number of benzene rings is 1. The Morgan fingerprint density at radius 3 is 2.79 bits per heavy atom. The molecule has 1 atom stereocenters. The van der Waals surface area contributed by atoms with Crippen LogP contribution in [-0.2, 0) is 6.61 Å². The maximum Gasteiger partial charge on any atom is 0.138 e. The van der Waals surface area contributed by atoms with E-state index in [2.05, 4.69) is 20.9 Å². The van der Waals surface area contributed by atoms with Crippen molar-refractivity contribution >= 4 is 15.9 Å². The van der Waals surface area contributed by atoms with Gasteiger partial charge in [-0.1, -0.05) is 35.0 Å². The fourth-order valence-corrected chi connectivity index (χ4v) is 2.15. The number of nitrogens with zero attached hydrogens (tertiary/aromatic N) is 1. The predicted molar refractivity (Wildman–Crippen MR) is 79.9 cm³/mol. The number of ether oxygens (including phenoxy) is 1. The molecular weight excluding hydrogens is 304 g/mol. The maximum atomic E-state index is 5.92. The van der Waals surface area contributed by atoms with Crippen molar-refractivity contribution < 1.29 is 4.74 Å². The highest BCUT2D eigenvalue weighted by Crippen LogP contribution is 2.17. The smallest absolute Gasteiger partial charge is 0.138 e. The zero-order chi connectivity index (χ0) is 13.7. The molecule has 0 aliphatic rings. The molecule has 1 aromatic heterocycles. The van der Waals surface area contributed by atoms with Crippen LogP contribution in [0, 0.1) is 0 Å². The van der Waals surface area contributed by atoms with E-state index in [1.165, 1.54) is 0 Å². The fourth-order valence-electron chi connectivity index (χ4n) is 1.70. The van der Waals surface area contributed by atoms with Crippen LogP contribution in [0.1, 0.15) is 30.6 Å². The first kappa shape index (κ1) is 14.0. The van der Waals surface area contributed by atoms with Crippen molar-refractivity contribution in [2.75, 3.05) is 0 Å². The first-order valence-corrected chi connectivity index (χ1v) is 7.07. The summed E-state index contributed by atoms with van der Waals surface area (Å²) in [6.07, 6.45) is 2.61. The van der Waals surface area contributed by atoms with Gasteiger partial charge < -0.3 is 10.5 Å². The lowest BCUT2D eigenvalue weighted by Crippen LogP contribution is -2.10. The van der Waals surface area contributed by atoms with Crippen LogP contribution >= 0.6 is 15.9 Å². The van der Waals surface area contributed by atoms with Crippen molar-refractivity contribution in [3.63, 3.8) is 0 Å².